The second-order valence-corrected chi connectivity index (χ2v) is 6.36. The maximum Gasteiger partial charge on any atom is 0.129 e. The first-order valence-electron chi connectivity index (χ1n) is 7.47. The standard InChI is InChI=1S/C16H21NO4S/c18-13(11-19-12-14-3-1-6-20-14)9-17-5-7-21-15(10-17)16-4-2-8-22-16/h1-4,6,8,13,15,18H,5,7,9-12H2. The molecular formula is C16H21NO4S. The van der Waals surface area contributed by atoms with Crippen LogP contribution >= 0.6 is 11.3 Å². The second-order valence-electron chi connectivity index (χ2n) is 5.38. The first-order valence-corrected chi connectivity index (χ1v) is 8.35. The molecule has 6 heteroatoms. The SMILES string of the molecule is OC(COCc1ccco1)CN1CCOC(c2cccs2)C1. The third-order valence-electron chi connectivity index (χ3n) is 3.61. The van der Waals surface area contributed by atoms with Crippen molar-refractivity contribution in [2.24, 2.45) is 0 Å². The van der Waals surface area contributed by atoms with Crippen molar-refractivity contribution in [3.05, 3.63) is 46.5 Å². The Balaban J connectivity index is 1.40. The van der Waals surface area contributed by atoms with Crippen molar-refractivity contribution < 1.29 is 19.0 Å². The lowest BCUT2D eigenvalue weighted by Gasteiger charge is -2.33. The summed E-state index contributed by atoms with van der Waals surface area (Å²) in [6.45, 7) is 3.66. The highest BCUT2D eigenvalue weighted by Crippen LogP contribution is 2.26. The quantitative estimate of drug-likeness (QED) is 0.847. The third kappa shape index (κ3) is 4.41. The van der Waals surface area contributed by atoms with Crippen LogP contribution in [0.15, 0.2) is 40.3 Å². The fourth-order valence-electron chi connectivity index (χ4n) is 2.56. The molecule has 2 aromatic rings. The van der Waals surface area contributed by atoms with Gasteiger partial charge in [-0.25, -0.2) is 0 Å². The molecule has 0 amide bonds. The van der Waals surface area contributed by atoms with Gasteiger partial charge in [0.25, 0.3) is 0 Å². The van der Waals surface area contributed by atoms with Crippen molar-refractivity contribution in [1.82, 2.24) is 4.90 Å². The number of aliphatic hydroxyl groups is 1. The Kier molecular flexibility index (Phi) is 5.64. The molecule has 3 heterocycles. The molecule has 0 spiro atoms. The van der Waals surface area contributed by atoms with E-state index in [1.165, 1.54) is 4.88 Å². The van der Waals surface area contributed by atoms with Crippen LogP contribution < -0.4 is 0 Å². The molecule has 1 N–H and O–H groups in total. The number of β-amino-alcohol motifs (C(OH)–C–C–N with tert-alkyl or cyclic N) is 1. The summed E-state index contributed by atoms with van der Waals surface area (Å²) in [4.78, 5) is 3.47. The molecule has 0 bridgehead atoms. The summed E-state index contributed by atoms with van der Waals surface area (Å²) < 4.78 is 16.5. The van der Waals surface area contributed by atoms with Gasteiger partial charge in [-0.05, 0) is 23.6 Å². The van der Waals surface area contributed by atoms with Gasteiger partial charge in [-0.15, -0.1) is 11.3 Å². The number of hydrogen-bond acceptors (Lipinski definition) is 6. The normalized spacial score (nSPS) is 21.0. The largest absolute Gasteiger partial charge is 0.467 e. The van der Waals surface area contributed by atoms with Gasteiger partial charge in [0.15, 0.2) is 0 Å². The van der Waals surface area contributed by atoms with E-state index in [4.69, 9.17) is 13.9 Å². The number of thiophene rings is 1. The van der Waals surface area contributed by atoms with Gasteiger partial charge in [0.05, 0.1) is 25.6 Å². The minimum Gasteiger partial charge on any atom is -0.467 e. The summed E-state index contributed by atoms with van der Waals surface area (Å²) >= 11 is 1.71. The van der Waals surface area contributed by atoms with Crippen molar-refractivity contribution in [2.45, 2.75) is 18.8 Å². The van der Waals surface area contributed by atoms with E-state index >= 15 is 0 Å². The predicted molar refractivity (Wildman–Crippen MR) is 83.8 cm³/mol. The molecule has 22 heavy (non-hydrogen) atoms. The highest BCUT2D eigenvalue weighted by atomic mass is 32.1. The van der Waals surface area contributed by atoms with E-state index in [0.717, 1.165) is 18.8 Å². The molecule has 3 rings (SSSR count). The monoisotopic (exact) mass is 323 g/mol. The van der Waals surface area contributed by atoms with Crippen molar-refractivity contribution in [3.63, 3.8) is 0 Å². The number of hydrogen-bond donors (Lipinski definition) is 1. The molecular weight excluding hydrogens is 302 g/mol. The van der Waals surface area contributed by atoms with Gasteiger partial charge in [0.1, 0.15) is 18.5 Å². The number of ether oxygens (including phenoxy) is 2. The molecule has 1 saturated heterocycles. The van der Waals surface area contributed by atoms with Crippen LogP contribution in [0.3, 0.4) is 0 Å². The van der Waals surface area contributed by atoms with E-state index in [1.807, 2.05) is 18.2 Å². The summed E-state index contributed by atoms with van der Waals surface area (Å²) in [5, 5.41) is 12.2. The van der Waals surface area contributed by atoms with E-state index in [9.17, 15) is 5.11 Å². The van der Waals surface area contributed by atoms with E-state index in [-0.39, 0.29) is 6.10 Å². The molecule has 0 saturated carbocycles. The maximum atomic E-state index is 10.1. The van der Waals surface area contributed by atoms with Gasteiger partial charge in [-0.3, -0.25) is 4.90 Å². The smallest absolute Gasteiger partial charge is 0.129 e. The van der Waals surface area contributed by atoms with Crippen LogP contribution in [-0.4, -0.2) is 49.0 Å². The lowest BCUT2D eigenvalue weighted by atomic mass is 10.2. The molecule has 2 unspecified atom stereocenters. The van der Waals surface area contributed by atoms with Crippen molar-refractivity contribution >= 4 is 11.3 Å². The van der Waals surface area contributed by atoms with Gasteiger partial charge in [0.2, 0.25) is 0 Å². The Morgan fingerprint density at radius 3 is 3.14 bits per heavy atom. The Morgan fingerprint density at radius 1 is 1.41 bits per heavy atom. The van der Waals surface area contributed by atoms with Crippen LogP contribution in [0.25, 0.3) is 0 Å². The zero-order valence-electron chi connectivity index (χ0n) is 12.4. The molecule has 0 aromatic carbocycles. The van der Waals surface area contributed by atoms with Crippen LogP contribution in [0.4, 0.5) is 0 Å². The average Bonchev–Trinajstić information content (AvgIpc) is 3.21. The molecule has 1 aliphatic heterocycles. The summed E-state index contributed by atoms with van der Waals surface area (Å²) in [7, 11) is 0. The van der Waals surface area contributed by atoms with Crippen molar-refractivity contribution in [3.8, 4) is 0 Å². The Morgan fingerprint density at radius 2 is 2.36 bits per heavy atom. The number of furan rings is 1. The highest BCUT2D eigenvalue weighted by Gasteiger charge is 2.24. The summed E-state index contributed by atoms with van der Waals surface area (Å²) in [6, 6.07) is 7.83. The molecule has 0 aliphatic carbocycles. The Bertz CT molecular complexity index is 528. The summed E-state index contributed by atoms with van der Waals surface area (Å²) in [5.41, 5.74) is 0. The molecule has 5 nitrogen and oxygen atoms in total. The maximum absolute atomic E-state index is 10.1. The van der Waals surface area contributed by atoms with Gasteiger partial charge < -0.3 is 19.0 Å². The number of aliphatic hydroxyl groups excluding tert-OH is 1. The van der Waals surface area contributed by atoms with Crippen LogP contribution in [0, 0.1) is 0 Å². The fourth-order valence-corrected chi connectivity index (χ4v) is 3.32. The molecule has 1 aliphatic rings. The van der Waals surface area contributed by atoms with Gasteiger partial charge in [0, 0.05) is 24.5 Å². The molecule has 1 fully saturated rings. The number of rotatable bonds is 7. The minimum atomic E-state index is -0.503. The number of morpholine rings is 1. The molecule has 2 aromatic heterocycles. The summed E-state index contributed by atoms with van der Waals surface area (Å²) in [5.74, 6) is 0.774. The van der Waals surface area contributed by atoms with Crippen LogP contribution in [0.2, 0.25) is 0 Å². The summed E-state index contributed by atoms with van der Waals surface area (Å²) in [6.07, 6.45) is 1.23. The van der Waals surface area contributed by atoms with Gasteiger partial charge in [-0.2, -0.15) is 0 Å². The van der Waals surface area contributed by atoms with Crippen molar-refractivity contribution in [2.75, 3.05) is 32.8 Å². The molecule has 0 radical (unpaired) electrons. The third-order valence-corrected chi connectivity index (χ3v) is 4.58. The van der Waals surface area contributed by atoms with Crippen LogP contribution in [0.1, 0.15) is 16.7 Å². The zero-order chi connectivity index (χ0) is 15.2. The van der Waals surface area contributed by atoms with Crippen LogP contribution in [0.5, 0.6) is 0 Å². The zero-order valence-corrected chi connectivity index (χ0v) is 13.2. The first-order chi connectivity index (χ1) is 10.8. The molecule has 2 atom stereocenters. The Hall–Kier alpha value is -1.18. The number of nitrogens with zero attached hydrogens (tertiary/aromatic N) is 1. The first kappa shape index (κ1) is 15.7. The van der Waals surface area contributed by atoms with Crippen LogP contribution in [-0.2, 0) is 16.1 Å². The van der Waals surface area contributed by atoms with E-state index in [2.05, 4.69) is 16.3 Å². The van der Waals surface area contributed by atoms with Crippen molar-refractivity contribution in [1.29, 1.82) is 0 Å². The topological polar surface area (TPSA) is 55.1 Å². The highest BCUT2D eigenvalue weighted by molar-refractivity contribution is 7.10. The van der Waals surface area contributed by atoms with E-state index < -0.39 is 6.10 Å². The molecule has 120 valence electrons. The Labute approximate surface area is 134 Å². The minimum absolute atomic E-state index is 0.116. The average molecular weight is 323 g/mol. The predicted octanol–water partition coefficient (Wildman–Crippen LogP) is 2.29. The van der Waals surface area contributed by atoms with Gasteiger partial charge >= 0.3 is 0 Å². The lowest BCUT2D eigenvalue weighted by Crippen LogP contribution is -2.43. The fraction of sp³-hybridized carbons (Fsp3) is 0.500. The van der Waals surface area contributed by atoms with E-state index in [1.54, 1.807) is 17.6 Å². The lowest BCUT2D eigenvalue weighted by molar-refractivity contribution is -0.0532. The second kappa shape index (κ2) is 7.89. The van der Waals surface area contributed by atoms with Gasteiger partial charge in [-0.1, -0.05) is 6.07 Å². The van der Waals surface area contributed by atoms with E-state index in [0.29, 0.717) is 26.4 Å².